The number of nitrogens with one attached hydrogen (secondary N) is 1. The first-order chi connectivity index (χ1) is 7.31. The molecule has 1 N–H and O–H groups in total. The fraction of sp³-hybridized carbons (Fsp3) is 0.0909. The molecule has 0 unspecified atom stereocenters. The maximum absolute atomic E-state index is 11.7. The van der Waals surface area contributed by atoms with Gasteiger partial charge in [0, 0.05) is 23.7 Å². The molecule has 0 bridgehead atoms. The van der Waals surface area contributed by atoms with Crippen LogP contribution in [0.25, 0.3) is 11.1 Å². The smallest absolute Gasteiger partial charge is 0.256 e. The van der Waals surface area contributed by atoms with Crippen LogP contribution in [0.4, 0.5) is 0 Å². The lowest BCUT2D eigenvalue weighted by molar-refractivity contribution is 1.12. The number of pyridine rings is 2. The van der Waals surface area contributed by atoms with Gasteiger partial charge in [0.2, 0.25) is 0 Å². The lowest BCUT2D eigenvalue weighted by atomic mass is 10.1. The number of hydrogen-bond donors (Lipinski definition) is 1. The molecule has 2 aromatic heterocycles. The van der Waals surface area contributed by atoms with E-state index < -0.39 is 0 Å². The van der Waals surface area contributed by atoms with Crippen molar-refractivity contribution in [2.24, 2.45) is 0 Å². The fourth-order valence-electron chi connectivity index (χ4n) is 1.35. The molecule has 0 fully saturated rings. The Morgan fingerprint density at radius 1 is 1.20 bits per heavy atom. The minimum atomic E-state index is -0.126. The van der Waals surface area contributed by atoms with E-state index in [-0.39, 0.29) is 5.56 Å². The van der Waals surface area contributed by atoms with Crippen molar-refractivity contribution in [1.29, 1.82) is 0 Å². The lowest BCUT2D eigenvalue weighted by Crippen LogP contribution is -2.10. The highest BCUT2D eigenvalue weighted by molar-refractivity contribution is 6.16. The van der Waals surface area contributed by atoms with E-state index in [1.807, 2.05) is 6.07 Å². The van der Waals surface area contributed by atoms with Gasteiger partial charge in [0.25, 0.3) is 5.56 Å². The van der Waals surface area contributed by atoms with Crippen LogP contribution in [-0.4, -0.2) is 9.97 Å². The summed E-state index contributed by atoms with van der Waals surface area (Å²) in [7, 11) is 0. The van der Waals surface area contributed by atoms with Gasteiger partial charge in [-0.1, -0.05) is 0 Å². The summed E-state index contributed by atoms with van der Waals surface area (Å²) >= 11 is 5.62. The number of halogens is 1. The van der Waals surface area contributed by atoms with E-state index in [0.717, 1.165) is 11.3 Å². The first kappa shape index (κ1) is 9.93. The second-order valence-corrected chi connectivity index (χ2v) is 3.36. The van der Waals surface area contributed by atoms with Crippen LogP contribution in [0.3, 0.4) is 0 Å². The summed E-state index contributed by atoms with van der Waals surface area (Å²) in [6.45, 7) is 0. The highest BCUT2D eigenvalue weighted by atomic mass is 35.5. The number of hydrogen-bond acceptors (Lipinski definition) is 2. The standard InChI is InChI=1S/C11H9ClN2O/c12-7-9-1-2-10(11(15)14-9)8-3-5-13-6-4-8/h1-6H,7H2,(H,14,15). The summed E-state index contributed by atoms with van der Waals surface area (Å²) in [6.07, 6.45) is 3.31. The van der Waals surface area contributed by atoms with Gasteiger partial charge in [-0.2, -0.15) is 0 Å². The average Bonchev–Trinajstić information content (AvgIpc) is 2.30. The third kappa shape index (κ3) is 2.07. The second-order valence-electron chi connectivity index (χ2n) is 3.10. The quantitative estimate of drug-likeness (QED) is 0.789. The van der Waals surface area contributed by atoms with Crippen molar-refractivity contribution >= 4 is 11.6 Å². The first-order valence-electron chi connectivity index (χ1n) is 4.50. The molecule has 0 aliphatic heterocycles. The lowest BCUT2D eigenvalue weighted by Gasteiger charge is -2.01. The Morgan fingerprint density at radius 3 is 2.53 bits per heavy atom. The van der Waals surface area contributed by atoms with Gasteiger partial charge in [-0.3, -0.25) is 9.78 Å². The van der Waals surface area contributed by atoms with Crippen LogP contribution in [0.1, 0.15) is 5.69 Å². The van der Waals surface area contributed by atoms with Crippen LogP contribution < -0.4 is 5.56 Å². The number of nitrogens with zero attached hydrogens (tertiary/aromatic N) is 1. The predicted molar refractivity (Wildman–Crippen MR) is 59.9 cm³/mol. The molecule has 15 heavy (non-hydrogen) atoms. The van der Waals surface area contributed by atoms with Crippen LogP contribution in [0.2, 0.25) is 0 Å². The monoisotopic (exact) mass is 220 g/mol. The van der Waals surface area contributed by atoms with Gasteiger partial charge >= 0.3 is 0 Å². The molecule has 76 valence electrons. The third-order valence-corrected chi connectivity index (χ3v) is 2.39. The summed E-state index contributed by atoms with van der Waals surface area (Å²) < 4.78 is 0. The molecule has 2 aromatic rings. The summed E-state index contributed by atoms with van der Waals surface area (Å²) in [5, 5.41) is 0. The highest BCUT2D eigenvalue weighted by Crippen LogP contribution is 2.13. The van der Waals surface area contributed by atoms with Crippen molar-refractivity contribution in [3.8, 4) is 11.1 Å². The van der Waals surface area contributed by atoms with Crippen LogP contribution >= 0.6 is 11.6 Å². The molecule has 4 heteroatoms. The summed E-state index contributed by atoms with van der Waals surface area (Å²) in [5.41, 5.74) is 2.08. The zero-order chi connectivity index (χ0) is 10.7. The van der Waals surface area contributed by atoms with Gasteiger partial charge < -0.3 is 4.98 Å². The van der Waals surface area contributed by atoms with Crippen LogP contribution in [-0.2, 0) is 5.88 Å². The largest absolute Gasteiger partial charge is 0.324 e. The molecule has 0 saturated carbocycles. The molecule has 0 amide bonds. The van der Waals surface area contributed by atoms with Crippen molar-refractivity contribution in [2.45, 2.75) is 5.88 Å². The molecule has 0 radical (unpaired) electrons. The Hall–Kier alpha value is -1.61. The number of aromatic nitrogens is 2. The SMILES string of the molecule is O=c1[nH]c(CCl)ccc1-c1ccncc1. The second kappa shape index (κ2) is 4.28. The molecule has 3 nitrogen and oxygen atoms in total. The van der Waals surface area contributed by atoms with E-state index in [0.29, 0.717) is 11.4 Å². The molecule has 0 saturated heterocycles. The van der Waals surface area contributed by atoms with E-state index in [1.54, 1.807) is 30.6 Å². The first-order valence-corrected chi connectivity index (χ1v) is 5.03. The molecular weight excluding hydrogens is 212 g/mol. The maximum atomic E-state index is 11.7. The zero-order valence-corrected chi connectivity index (χ0v) is 8.66. The topological polar surface area (TPSA) is 45.8 Å². The van der Waals surface area contributed by atoms with Crippen molar-refractivity contribution in [3.63, 3.8) is 0 Å². The van der Waals surface area contributed by atoms with Gasteiger partial charge in [0.05, 0.1) is 5.88 Å². The summed E-state index contributed by atoms with van der Waals surface area (Å²) in [6, 6.07) is 7.17. The van der Waals surface area contributed by atoms with Gasteiger partial charge in [0.1, 0.15) is 0 Å². The fourth-order valence-corrected chi connectivity index (χ4v) is 1.51. The van der Waals surface area contributed by atoms with Crippen molar-refractivity contribution < 1.29 is 0 Å². The number of rotatable bonds is 2. The minimum absolute atomic E-state index is 0.126. The molecule has 0 aliphatic carbocycles. The number of H-pyrrole nitrogens is 1. The summed E-state index contributed by atoms with van der Waals surface area (Å²) in [5.74, 6) is 0.311. The molecule has 2 heterocycles. The Bertz CT molecular complexity index is 507. The van der Waals surface area contributed by atoms with Gasteiger partial charge in [-0.25, -0.2) is 0 Å². The van der Waals surface area contributed by atoms with E-state index in [4.69, 9.17) is 11.6 Å². The Morgan fingerprint density at radius 2 is 1.93 bits per heavy atom. The summed E-state index contributed by atoms with van der Waals surface area (Å²) in [4.78, 5) is 18.3. The molecule has 0 spiro atoms. The highest BCUT2D eigenvalue weighted by Gasteiger charge is 2.02. The van der Waals surface area contributed by atoms with E-state index in [9.17, 15) is 4.79 Å². The molecule has 0 atom stereocenters. The maximum Gasteiger partial charge on any atom is 0.256 e. The number of aromatic amines is 1. The van der Waals surface area contributed by atoms with Crippen LogP contribution in [0, 0.1) is 0 Å². The molecular formula is C11H9ClN2O. The third-order valence-electron chi connectivity index (χ3n) is 2.11. The Balaban J connectivity index is 2.51. The van der Waals surface area contributed by atoms with Crippen molar-refractivity contribution in [3.05, 3.63) is 52.7 Å². The Kier molecular flexibility index (Phi) is 2.83. The van der Waals surface area contributed by atoms with Gasteiger partial charge in [0.15, 0.2) is 0 Å². The average molecular weight is 221 g/mol. The molecule has 0 aliphatic rings. The van der Waals surface area contributed by atoms with Crippen molar-refractivity contribution in [1.82, 2.24) is 9.97 Å². The van der Waals surface area contributed by atoms with E-state index >= 15 is 0 Å². The van der Waals surface area contributed by atoms with Crippen LogP contribution in [0.15, 0.2) is 41.5 Å². The van der Waals surface area contributed by atoms with E-state index in [2.05, 4.69) is 9.97 Å². The zero-order valence-electron chi connectivity index (χ0n) is 7.90. The molecule has 2 rings (SSSR count). The molecule has 0 aromatic carbocycles. The number of alkyl halides is 1. The Labute approximate surface area is 91.8 Å². The van der Waals surface area contributed by atoms with Crippen LogP contribution in [0.5, 0.6) is 0 Å². The van der Waals surface area contributed by atoms with Gasteiger partial charge in [-0.05, 0) is 29.8 Å². The van der Waals surface area contributed by atoms with Crippen molar-refractivity contribution in [2.75, 3.05) is 0 Å². The van der Waals surface area contributed by atoms with Gasteiger partial charge in [-0.15, -0.1) is 11.6 Å². The predicted octanol–water partition coefficient (Wildman–Crippen LogP) is 2.18. The van der Waals surface area contributed by atoms with E-state index in [1.165, 1.54) is 0 Å². The normalized spacial score (nSPS) is 10.2. The minimum Gasteiger partial charge on any atom is -0.324 e.